The number of carbonyl (C=O) groups excluding carboxylic acids is 1. The minimum atomic E-state index is -3.05. The van der Waals surface area contributed by atoms with Gasteiger partial charge in [-0.25, -0.2) is 0 Å². The number of aliphatic carboxylic acids is 1. The predicted molar refractivity (Wildman–Crippen MR) is 71.6 cm³/mol. The molecule has 0 aliphatic rings. The number of carbonyl (C=O) groups is 2. The van der Waals surface area contributed by atoms with Gasteiger partial charge >= 0.3 is 12.5 Å². The number of hydrogen-bond acceptors (Lipinski definition) is 5. The first-order valence-corrected chi connectivity index (χ1v) is 8.75. The molecule has 18 heavy (non-hydrogen) atoms. The first kappa shape index (κ1) is 17.2. The summed E-state index contributed by atoms with van der Waals surface area (Å²) in [6.07, 6.45) is 5.81. The van der Waals surface area contributed by atoms with Crippen LogP contribution >= 0.6 is 18.0 Å². The Morgan fingerprint density at radius 1 is 1.39 bits per heavy atom. The molecular weight excluding hydrogens is 275 g/mol. The lowest BCUT2D eigenvalue weighted by Crippen LogP contribution is -2.03. The zero-order valence-electron chi connectivity index (χ0n) is 10.3. The summed E-state index contributed by atoms with van der Waals surface area (Å²) in [5.74, 6) is -0.629. The SMILES string of the molecule is C#CP(=O)(OCC)SCCCC(=O)CCC(=O)O. The molecule has 0 bridgehead atoms. The van der Waals surface area contributed by atoms with Gasteiger partial charge in [-0.05, 0) is 19.0 Å². The van der Waals surface area contributed by atoms with Crippen LogP contribution in [-0.4, -0.2) is 29.2 Å². The van der Waals surface area contributed by atoms with Crippen molar-refractivity contribution in [3.63, 3.8) is 0 Å². The Balaban J connectivity index is 3.79. The van der Waals surface area contributed by atoms with Gasteiger partial charge < -0.3 is 9.63 Å². The predicted octanol–water partition coefficient (Wildman–Crippen LogP) is 2.75. The highest BCUT2D eigenvalue weighted by molar-refractivity contribution is 8.58. The van der Waals surface area contributed by atoms with Crippen molar-refractivity contribution in [3.8, 4) is 12.1 Å². The Labute approximate surface area is 111 Å². The van der Waals surface area contributed by atoms with E-state index in [1.807, 2.05) is 0 Å². The molecule has 7 heteroatoms. The molecule has 0 aromatic heterocycles. The molecule has 1 unspecified atom stereocenters. The highest BCUT2D eigenvalue weighted by atomic mass is 32.7. The Morgan fingerprint density at radius 3 is 2.56 bits per heavy atom. The van der Waals surface area contributed by atoms with E-state index in [9.17, 15) is 14.2 Å². The van der Waals surface area contributed by atoms with E-state index in [2.05, 4.69) is 5.66 Å². The maximum Gasteiger partial charge on any atom is 0.329 e. The van der Waals surface area contributed by atoms with Gasteiger partial charge in [-0.15, -0.1) is 6.42 Å². The summed E-state index contributed by atoms with van der Waals surface area (Å²) in [5, 5.41) is 8.40. The van der Waals surface area contributed by atoms with Gasteiger partial charge in [-0.1, -0.05) is 11.4 Å². The molecule has 0 heterocycles. The van der Waals surface area contributed by atoms with Crippen LogP contribution in [-0.2, 0) is 18.7 Å². The molecule has 0 aromatic rings. The Morgan fingerprint density at radius 2 is 2.06 bits per heavy atom. The third-order valence-electron chi connectivity index (χ3n) is 1.94. The lowest BCUT2D eigenvalue weighted by Gasteiger charge is -2.09. The van der Waals surface area contributed by atoms with Crippen LogP contribution < -0.4 is 0 Å². The summed E-state index contributed by atoms with van der Waals surface area (Å²) >= 11 is 1.04. The molecule has 0 fully saturated rings. The smallest absolute Gasteiger partial charge is 0.329 e. The fourth-order valence-corrected chi connectivity index (χ4v) is 4.06. The summed E-state index contributed by atoms with van der Waals surface area (Å²) in [6.45, 7) is -1.06. The number of rotatable bonds is 10. The molecule has 0 aromatic carbocycles. The van der Waals surface area contributed by atoms with Crippen molar-refractivity contribution in [2.45, 2.75) is 32.6 Å². The van der Waals surface area contributed by atoms with Crippen LogP contribution in [0.4, 0.5) is 0 Å². The van der Waals surface area contributed by atoms with Gasteiger partial charge in [0.25, 0.3) is 0 Å². The van der Waals surface area contributed by atoms with Crippen LogP contribution in [0, 0.1) is 12.1 Å². The fraction of sp³-hybridized carbons (Fsp3) is 0.636. The van der Waals surface area contributed by atoms with Crippen LogP contribution in [0.2, 0.25) is 0 Å². The van der Waals surface area contributed by atoms with Crippen LogP contribution in [0.5, 0.6) is 0 Å². The van der Waals surface area contributed by atoms with Crippen LogP contribution in [0.15, 0.2) is 0 Å². The number of hydrogen-bond donors (Lipinski definition) is 1. The number of carboxylic acids is 1. The third-order valence-corrected chi connectivity index (χ3v) is 5.86. The highest BCUT2D eigenvalue weighted by Gasteiger charge is 2.19. The lowest BCUT2D eigenvalue weighted by molar-refractivity contribution is -0.138. The Hall–Kier alpha value is -0.760. The van der Waals surface area contributed by atoms with E-state index in [0.717, 1.165) is 11.4 Å². The molecule has 5 nitrogen and oxygen atoms in total. The summed E-state index contributed by atoms with van der Waals surface area (Å²) < 4.78 is 16.8. The number of Topliss-reactive ketones (excluding diaryl/α,β-unsaturated/α-hetero) is 1. The zero-order chi connectivity index (χ0) is 14.0. The van der Waals surface area contributed by atoms with Crippen LogP contribution in [0.1, 0.15) is 32.6 Å². The molecule has 1 N–H and O–H groups in total. The normalized spacial score (nSPS) is 13.6. The van der Waals surface area contributed by atoms with E-state index < -0.39 is 12.5 Å². The Kier molecular flexibility index (Phi) is 8.82. The van der Waals surface area contributed by atoms with Gasteiger partial charge in [0.2, 0.25) is 0 Å². The highest BCUT2D eigenvalue weighted by Crippen LogP contribution is 2.58. The lowest BCUT2D eigenvalue weighted by atomic mass is 10.1. The van der Waals surface area contributed by atoms with E-state index in [0.29, 0.717) is 12.2 Å². The fourth-order valence-electron chi connectivity index (χ4n) is 1.11. The number of ketones is 1. The number of terminal acetylenes is 1. The molecule has 102 valence electrons. The standard InChI is InChI=1S/C11H17O5PS/c1-3-16-17(15,4-2)18-9-5-6-10(12)7-8-11(13)14/h2H,3,5-9H2,1H3,(H,13,14). The summed E-state index contributed by atoms with van der Waals surface area (Å²) in [7, 11) is 0. The number of carboxylic acid groups (broad SMARTS) is 1. The molecule has 0 saturated carbocycles. The van der Waals surface area contributed by atoms with E-state index >= 15 is 0 Å². The molecule has 0 saturated heterocycles. The maximum absolute atomic E-state index is 11.8. The van der Waals surface area contributed by atoms with Crippen molar-refractivity contribution in [1.82, 2.24) is 0 Å². The molecule has 0 rings (SSSR count). The molecular formula is C11H17O5PS. The second kappa shape index (κ2) is 9.21. The van der Waals surface area contributed by atoms with Crippen molar-refractivity contribution in [1.29, 1.82) is 0 Å². The minimum absolute atomic E-state index is 0.0399. The first-order chi connectivity index (χ1) is 8.43. The van der Waals surface area contributed by atoms with E-state index in [1.54, 1.807) is 6.92 Å². The summed E-state index contributed by atoms with van der Waals surface area (Å²) in [5.41, 5.74) is 2.14. The second-order valence-electron chi connectivity index (χ2n) is 3.41. The van der Waals surface area contributed by atoms with Crippen LogP contribution in [0.25, 0.3) is 0 Å². The van der Waals surface area contributed by atoms with Gasteiger partial charge in [0.15, 0.2) is 0 Å². The van der Waals surface area contributed by atoms with Gasteiger partial charge in [0, 0.05) is 18.6 Å². The minimum Gasteiger partial charge on any atom is -0.481 e. The van der Waals surface area contributed by atoms with E-state index in [1.165, 1.54) is 0 Å². The molecule has 0 aliphatic carbocycles. The van der Waals surface area contributed by atoms with Gasteiger partial charge in [-0.3, -0.25) is 14.2 Å². The first-order valence-electron chi connectivity index (χ1n) is 5.54. The van der Waals surface area contributed by atoms with Gasteiger partial charge in [0.1, 0.15) is 5.78 Å². The molecule has 0 aliphatic heterocycles. The van der Waals surface area contributed by atoms with Gasteiger partial charge in [0.05, 0.1) is 13.0 Å². The van der Waals surface area contributed by atoms with Gasteiger partial charge in [-0.2, -0.15) is 0 Å². The van der Waals surface area contributed by atoms with E-state index in [4.69, 9.17) is 16.1 Å². The average Bonchev–Trinajstić information content (AvgIpc) is 2.32. The largest absolute Gasteiger partial charge is 0.481 e. The molecule has 0 radical (unpaired) electrons. The average molecular weight is 292 g/mol. The maximum atomic E-state index is 11.8. The zero-order valence-corrected chi connectivity index (χ0v) is 12.0. The molecule has 1 atom stereocenters. The van der Waals surface area contributed by atoms with Crippen molar-refractivity contribution >= 4 is 29.7 Å². The van der Waals surface area contributed by atoms with Crippen LogP contribution in [0.3, 0.4) is 0 Å². The van der Waals surface area contributed by atoms with Crippen molar-refractivity contribution in [2.24, 2.45) is 0 Å². The Bertz CT molecular complexity index is 374. The molecule has 0 amide bonds. The second-order valence-corrected chi connectivity index (χ2v) is 7.81. The summed E-state index contributed by atoms with van der Waals surface area (Å²) in [6, 6.07) is 0. The van der Waals surface area contributed by atoms with Crippen molar-refractivity contribution < 1.29 is 23.8 Å². The van der Waals surface area contributed by atoms with E-state index in [-0.39, 0.29) is 31.7 Å². The third kappa shape index (κ3) is 8.35. The topological polar surface area (TPSA) is 80.7 Å². The summed E-state index contributed by atoms with van der Waals surface area (Å²) in [4.78, 5) is 21.5. The monoisotopic (exact) mass is 292 g/mol. The van der Waals surface area contributed by atoms with Crippen molar-refractivity contribution in [2.75, 3.05) is 12.4 Å². The molecule has 0 spiro atoms. The quantitative estimate of drug-likeness (QED) is 0.379. The van der Waals surface area contributed by atoms with Crippen molar-refractivity contribution in [3.05, 3.63) is 0 Å².